The Morgan fingerprint density at radius 2 is 1.66 bits per heavy atom. The van der Waals surface area contributed by atoms with Crippen LogP contribution in [-0.2, 0) is 17.8 Å². The van der Waals surface area contributed by atoms with Crippen LogP contribution in [0, 0.1) is 20.8 Å². The molecule has 0 unspecified atom stereocenters. The normalized spacial score (nSPS) is 10.9. The van der Waals surface area contributed by atoms with Crippen LogP contribution in [-0.4, -0.2) is 26.4 Å². The average Bonchev–Trinajstić information content (AvgIpc) is 3.26. The highest BCUT2D eigenvalue weighted by molar-refractivity contribution is 7.99. The molecule has 4 aromatic rings. The average molecular weight is 487 g/mol. The third-order valence-electron chi connectivity index (χ3n) is 5.75. The summed E-state index contributed by atoms with van der Waals surface area (Å²) in [4.78, 5) is 12.7. The number of amides is 1. The van der Waals surface area contributed by atoms with Crippen molar-refractivity contribution in [3.8, 4) is 11.4 Å². The molecular formula is C28H30N4O2S. The molecule has 1 heterocycles. The highest BCUT2D eigenvalue weighted by Crippen LogP contribution is 2.26. The van der Waals surface area contributed by atoms with Crippen molar-refractivity contribution in [1.82, 2.24) is 14.8 Å². The zero-order valence-corrected chi connectivity index (χ0v) is 21.4. The van der Waals surface area contributed by atoms with E-state index in [1.807, 2.05) is 85.1 Å². The summed E-state index contributed by atoms with van der Waals surface area (Å²) in [5, 5.41) is 12.5. The maximum Gasteiger partial charge on any atom is 0.234 e. The van der Waals surface area contributed by atoms with Gasteiger partial charge in [0.05, 0.1) is 5.75 Å². The van der Waals surface area contributed by atoms with Gasteiger partial charge in [-0.2, -0.15) is 0 Å². The maximum atomic E-state index is 12.7. The molecule has 0 fully saturated rings. The fraction of sp³-hybridized carbons (Fsp3) is 0.250. The lowest BCUT2D eigenvalue weighted by Crippen LogP contribution is -2.16. The largest absolute Gasteiger partial charge is 0.485 e. The molecule has 180 valence electrons. The first kappa shape index (κ1) is 24.5. The minimum Gasteiger partial charge on any atom is -0.485 e. The number of nitrogens with one attached hydrogen (secondary N) is 1. The summed E-state index contributed by atoms with van der Waals surface area (Å²) in [6.45, 7) is 8.46. The molecular weight excluding hydrogens is 456 g/mol. The fourth-order valence-corrected chi connectivity index (χ4v) is 4.64. The van der Waals surface area contributed by atoms with E-state index >= 15 is 0 Å². The molecule has 0 bridgehead atoms. The summed E-state index contributed by atoms with van der Waals surface area (Å²) in [6.07, 6.45) is 0.856. The lowest BCUT2D eigenvalue weighted by atomic mass is 10.1. The van der Waals surface area contributed by atoms with Crippen molar-refractivity contribution in [1.29, 1.82) is 0 Å². The van der Waals surface area contributed by atoms with E-state index in [9.17, 15) is 4.79 Å². The van der Waals surface area contributed by atoms with Crippen LogP contribution in [0.5, 0.6) is 5.75 Å². The molecule has 1 aromatic heterocycles. The van der Waals surface area contributed by atoms with Crippen LogP contribution in [0.25, 0.3) is 5.69 Å². The lowest BCUT2D eigenvalue weighted by molar-refractivity contribution is -0.113. The number of ether oxygens (including phenoxy) is 1. The second kappa shape index (κ2) is 11.2. The van der Waals surface area contributed by atoms with E-state index in [0.717, 1.165) is 40.2 Å². The Hall–Kier alpha value is -3.58. The molecule has 0 aliphatic carbocycles. The lowest BCUT2D eigenvalue weighted by Gasteiger charge is -2.14. The highest BCUT2D eigenvalue weighted by Gasteiger charge is 2.17. The van der Waals surface area contributed by atoms with Gasteiger partial charge in [0.1, 0.15) is 12.4 Å². The molecule has 4 rings (SSSR count). The highest BCUT2D eigenvalue weighted by atomic mass is 32.2. The molecule has 0 saturated carbocycles. The van der Waals surface area contributed by atoms with Crippen LogP contribution < -0.4 is 10.1 Å². The van der Waals surface area contributed by atoms with Gasteiger partial charge in [0.2, 0.25) is 5.91 Å². The van der Waals surface area contributed by atoms with Crippen LogP contribution in [0.3, 0.4) is 0 Å². The van der Waals surface area contributed by atoms with Crippen LogP contribution in [0.15, 0.2) is 71.9 Å². The number of rotatable bonds is 9. The summed E-state index contributed by atoms with van der Waals surface area (Å²) in [5.74, 6) is 1.67. The number of thioether (sulfide) groups is 1. The first-order valence-electron chi connectivity index (χ1n) is 11.7. The molecule has 0 radical (unpaired) electrons. The topological polar surface area (TPSA) is 69.0 Å². The van der Waals surface area contributed by atoms with E-state index in [1.165, 1.54) is 17.3 Å². The number of carbonyl (C=O) groups is 1. The minimum absolute atomic E-state index is 0.0808. The molecule has 0 atom stereocenters. The van der Waals surface area contributed by atoms with Gasteiger partial charge in [-0.05, 0) is 62.1 Å². The number of aromatic nitrogens is 3. The van der Waals surface area contributed by atoms with Crippen LogP contribution in [0.2, 0.25) is 0 Å². The van der Waals surface area contributed by atoms with Gasteiger partial charge in [0, 0.05) is 11.4 Å². The molecule has 0 aliphatic rings. The van der Waals surface area contributed by atoms with Crippen molar-refractivity contribution >= 4 is 23.4 Å². The summed E-state index contributed by atoms with van der Waals surface area (Å²) in [5.41, 5.74) is 6.20. The predicted molar refractivity (Wildman–Crippen MR) is 142 cm³/mol. The first-order chi connectivity index (χ1) is 17.0. The second-order valence-corrected chi connectivity index (χ2v) is 9.37. The Morgan fingerprint density at radius 3 is 2.37 bits per heavy atom. The quantitative estimate of drug-likeness (QED) is 0.291. The second-order valence-electron chi connectivity index (χ2n) is 8.43. The molecule has 1 N–H and O–H groups in total. The molecule has 1 amide bonds. The van der Waals surface area contributed by atoms with Gasteiger partial charge in [0.15, 0.2) is 11.0 Å². The van der Waals surface area contributed by atoms with Gasteiger partial charge >= 0.3 is 0 Å². The van der Waals surface area contributed by atoms with Gasteiger partial charge in [-0.1, -0.05) is 72.8 Å². The van der Waals surface area contributed by atoms with Crippen LogP contribution in [0.1, 0.15) is 35.0 Å². The number of para-hydroxylation sites is 2. The van der Waals surface area contributed by atoms with E-state index < -0.39 is 0 Å². The summed E-state index contributed by atoms with van der Waals surface area (Å²) in [6, 6.07) is 22.1. The molecule has 3 aromatic carbocycles. The molecule has 0 aliphatic heterocycles. The zero-order valence-electron chi connectivity index (χ0n) is 20.5. The minimum atomic E-state index is -0.0808. The van der Waals surface area contributed by atoms with E-state index in [-0.39, 0.29) is 18.3 Å². The number of carbonyl (C=O) groups excluding carboxylic acids is 1. The predicted octanol–water partition coefficient (Wildman–Crippen LogP) is 6.06. The molecule has 35 heavy (non-hydrogen) atoms. The monoisotopic (exact) mass is 486 g/mol. The van der Waals surface area contributed by atoms with Crippen molar-refractivity contribution in [3.05, 3.63) is 94.8 Å². The third-order valence-corrected chi connectivity index (χ3v) is 6.68. The SMILES string of the molecule is CCc1ccccc1NC(=O)CSc1nnc(COc2c(C)cccc2C)n1-c1ccc(C)cc1. The van der Waals surface area contributed by atoms with E-state index in [1.54, 1.807) is 0 Å². The summed E-state index contributed by atoms with van der Waals surface area (Å²) < 4.78 is 8.13. The number of aryl methyl sites for hydroxylation is 4. The molecule has 0 spiro atoms. The van der Waals surface area contributed by atoms with Gasteiger partial charge in [-0.25, -0.2) is 0 Å². The van der Waals surface area contributed by atoms with Crippen molar-refractivity contribution in [2.45, 2.75) is 45.9 Å². The smallest absolute Gasteiger partial charge is 0.234 e. The summed E-state index contributed by atoms with van der Waals surface area (Å²) >= 11 is 1.36. The van der Waals surface area contributed by atoms with Gasteiger partial charge < -0.3 is 10.1 Å². The van der Waals surface area contributed by atoms with Crippen LogP contribution in [0.4, 0.5) is 5.69 Å². The van der Waals surface area contributed by atoms with Crippen molar-refractivity contribution in [2.24, 2.45) is 0 Å². The first-order valence-corrected chi connectivity index (χ1v) is 12.7. The summed E-state index contributed by atoms with van der Waals surface area (Å²) in [7, 11) is 0. The molecule has 0 saturated heterocycles. The van der Waals surface area contributed by atoms with Crippen molar-refractivity contribution in [2.75, 3.05) is 11.1 Å². The zero-order chi connectivity index (χ0) is 24.8. The van der Waals surface area contributed by atoms with Crippen molar-refractivity contribution < 1.29 is 9.53 Å². The Labute approximate surface area is 210 Å². The standard InChI is InChI=1S/C28H30N4O2S/c1-5-22-11-6-7-12-24(22)29-26(33)18-35-28-31-30-25(32(28)23-15-13-19(2)14-16-23)17-34-27-20(3)9-8-10-21(27)4/h6-16H,5,17-18H2,1-4H3,(H,29,33). The van der Waals surface area contributed by atoms with Crippen LogP contribution >= 0.6 is 11.8 Å². The maximum absolute atomic E-state index is 12.7. The Bertz CT molecular complexity index is 1290. The molecule has 7 heteroatoms. The number of hydrogen-bond donors (Lipinski definition) is 1. The van der Waals surface area contributed by atoms with E-state index in [4.69, 9.17) is 4.74 Å². The molecule has 6 nitrogen and oxygen atoms in total. The number of anilines is 1. The third kappa shape index (κ3) is 5.92. The van der Waals surface area contributed by atoms with E-state index in [2.05, 4.69) is 29.4 Å². The fourth-order valence-electron chi connectivity index (χ4n) is 3.87. The number of hydrogen-bond acceptors (Lipinski definition) is 5. The van der Waals surface area contributed by atoms with E-state index in [0.29, 0.717) is 11.0 Å². The van der Waals surface area contributed by atoms with Crippen molar-refractivity contribution in [3.63, 3.8) is 0 Å². The Morgan fingerprint density at radius 1 is 0.943 bits per heavy atom. The number of benzene rings is 3. The number of nitrogens with zero attached hydrogens (tertiary/aromatic N) is 3. The Kier molecular flexibility index (Phi) is 7.87. The van der Waals surface area contributed by atoms with Gasteiger partial charge in [-0.3, -0.25) is 9.36 Å². The van der Waals surface area contributed by atoms with Gasteiger partial charge in [-0.15, -0.1) is 10.2 Å². The van der Waals surface area contributed by atoms with Gasteiger partial charge in [0.25, 0.3) is 0 Å². The Balaban J connectivity index is 1.54.